The number of rotatable bonds is 1. The van der Waals surface area contributed by atoms with E-state index in [9.17, 15) is 4.79 Å². The first-order valence-corrected chi connectivity index (χ1v) is 8.26. The van der Waals surface area contributed by atoms with Crippen LogP contribution >= 0.6 is 0 Å². The van der Waals surface area contributed by atoms with Gasteiger partial charge in [-0.1, -0.05) is 6.07 Å². The van der Waals surface area contributed by atoms with E-state index in [-0.39, 0.29) is 12.0 Å². The van der Waals surface area contributed by atoms with Crippen molar-refractivity contribution in [2.24, 2.45) is 0 Å². The van der Waals surface area contributed by atoms with E-state index >= 15 is 0 Å². The van der Waals surface area contributed by atoms with Gasteiger partial charge in [-0.15, -0.1) is 0 Å². The Morgan fingerprint density at radius 2 is 2.13 bits per heavy atom. The molecule has 1 saturated heterocycles. The molecule has 5 heteroatoms. The molecule has 0 radical (unpaired) electrons. The predicted octanol–water partition coefficient (Wildman–Crippen LogP) is 3.76. The Kier molecular flexibility index (Phi) is 4.04. The van der Waals surface area contributed by atoms with Crippen molar-refractivity contribution < 1.29 is 9.53 Å². The summed E-state index contributed by atoms with van der Waals surface area (Å²) in [4.78, 5) is 18.9. The summed E-state index contributed by atoms with van der Waals surface area (Å²) >= 11 is 0. The van der Waals surface area contributed by atoms with Gasteiger partial charge in [-0.05, 0) is 52.7 Å². The minimum Gasteiger partial charge on any atom is -0.444 e. The Balaban J connectivity index is 1.82. The van der Waals surface area contributed by atoms with Gasteiger partial charge in [0.1, 0.15) is 11.4 Å². The summed E-state index contributed by atoms with van der Waals surface area (Å²) in [5, 5.41) is 0. The Labute approximate surface area is 137 Å². The van der Waals surface area contributed by atoms with E-state index in [0.29, 0.717) is 6.54 Å². The Hall–Kier alpha value is -2.04. The van der Waals surface area contributed by atoms with E-state index in [0.717, 1.165) is 36.4 Å². The summed E-state index contributed by atoms with van der Waals surface area (Å²) in [5.74, 6) is 1.26. The van der Waals surface area contributed by atoms with Gasteiger partial charge in [0, 0.05) is 25.2 Å². The second kappa shape index (κ2) is 5.87. The second-order valence-corrected chi connectivity index (χ2v) is 7.27. The molecule has 1 fully saturated rings. The zero-order valence-corrected chi connectivity index (χ0v) is 14.4. The van der Waals surface area contributed by atoms with E-state index in [1.54, 1.807) is 0 Å². The highest BCUT2D eigenvalue weighted by Crippen LogP contribution is 2.30. The first-order valence-electron chi connectivity index (χ1n) is 8.26. The SMILES string of the molecule is Cc1nc(C2CCCN(C(=O)OC(C)(C)C)C2)c2ccccn12. The average Bonchev–Trinajstić information content (AvgIpc) is 2.83. The van der Waals surface area contributed by atoms with E-state index in [2.05, 4.69) is 10.5 Å². The fourth-order valence-electron chi connectivity index (χ4n) is 3.21. The number of piperidine rings is 1. The number of nitrogens with zero attached hydrogens (tertiary/aromatic N) is 3. The molecule has 23 heavy (non-hydrogen) atoms. The van der Waals surface area contributed by atoms with Crippen LogP contribution in [0.15, 0.2) is 24.4 Å². The highest BCUT2D eigenvalue weighted by molar-refractivity contribution is 5.68. The summed E-state index contributed by atoms with van der Waals surface area (Å²) in [5.41, 5.74) is 1.78. The van der Waals surface area contributed by atoms with Crippen LogP contribution in [-0.4, -0.2) is 39.1 Å². The molecule has 3 rings (SSSR count). The van der Waals surface area contributed by atoms with Gasteiger partial charge in [0.2, 0.25) is 0 Å². The van der Waals surface area contributed by atoms with E-state index in [1.165, 1.54) is 0 Å². The predicted molar refractivity (Wildman–Crippen MR) is 89.7 cm³/mol. The first-order chi connectivity index (χ1) is 10.8. The lowest BCUT2D eigenvalue weighted by molar-refractivity contribution is 0.0197. The monoisotopic (exact) mass is 315 g/mol. The molecule has 0 aromatic carbocycles. The third-order valence-corrected chi connectivity index (χ3v) is 4.21. The minimum atomic E-state index is -0.457. The molecule has 0 saturated carbocycles. The third kappa shape index (κ3) is 3.33. The van der Waals surface area contributed by atoms with Crippen molar-refractivity contribution in [3.05, 3.63) is 35.9 Å². The molecule has 1 amide bonds. The summed E-state index contributed by atoms with van der Waals surface area (Å²) < 4.78 is 7.63. The number of fused-ring (bicyclic) bond motifs is 1. The number of amides is 1. The van der Waals surface area contributed by atoms with Crippen LogP contribution in [0.5, 0.6) is 0 Å². The van der Waals surface area contributed by atoms with E-state index in [4.69, 9.17) is 9.72 Å². The molecule has 0 bridgehead atoms. The van der Waals surface area contributed by atoms with Crippen molar-refractivity contribution in [1.82, 2.24) is 14.3 Å². The van der Waals surface area contributed by atoms with Crippen LogP contribution in [0.25, 0.3) is 5.52 Å². The number of pyridine rings is 1. The number of imidazole rings is 1. The maximum absolute atomic E-state index is 12.3. The average molecular weight is 315 g/mol. The standard InChI is InChI=1S/C18H25N3O2/c1-13-19-16(15-9-5-6-11-21(13)15)14-8-7-10-20(12-14)17(22)23-18(2,3)4/h5-6,9,11,14H,7-8,10,12H2,1-4H3. The Morgan fingerprint density at radius 3 is 2.87 bits per heavy atom. The van der Waals surface area contributed by atoms with Gasteiger partial charge in [-0.2, -0.15) is 0 Å². The summed E-state index contributed by atoms with van der Waals surface area (Å²) in [6.45, 7) is 9.16. The normalized spacial score (nSPS) is 19.1. The number of ether oxygens (including phenoxy) is 1. The van der Waals surface area contributed by atoms with Crippen molar-refractivity contribution in [2.45, 2.75) is 52.1 Å². The highest BCUT2D eigenvalue weighted by Gasteiger charge is 2.30. The number of hydrogen-bond acceptors (Lipinski definition) is 3. The van der Waals surface area contributed by atoms with Crippen LogP contribution in [0.2, 0.25) is 0 Å². The number of hydrogen-bond donors (Lipinski definition) is 0. The molecule has 1 aliphatic rings. The van der Waals surface area contributed by atoms with E-state index < -0.39 is 5.60 Å². The maximum Gasteiger partial charge on any atom is 0.410 e. The lowest BCUT2D eigenvalue weighted by atomic mass is 9.94. The van der Waals surface area contributed by atoms with Crippen molar-refractivity contribution in [1.29, 1.82) is 0 Å². The first kappa shape index (κ1) is 15.8. The molecule has 1 aliphatic heterocycles. The second-order valence-electron chi connectivity index (χ2n) is 7.27. The molecular formula is C18H25N3O2. The summed E-state index contributed by atoms with van der Waals surface area (Å²) in [6.07, 6.45) is 3.85. The van der Waals surface area contributed by atoms with Crippen LogP contribution in [0.3, 0.4) is 0 Å². The highest BCUT2D eigenvalue weighted by atomic mass is 16.6. The summed E-state index contributed by atoms with van der Waals surface area (Å²) in [7, 11) is 0. The zero-order valence-electron chi connectivity index (χ0n) is 14.4. The number of aromatic nitrogens is 2. The smallest absolute Gasteiger partial charge is 0.410 e. The Morgan fingerprint density at radius 1 is 1.35 bits per heavy atom. The van der Waals surface area contributed by atoms with Crippen LogP contribution in [0.4, 0.5) is 4.79 Å². The molecule has 3 heterocycles. The molecule has 1 atom stereocenters. The lowest BCUT2D eigenvalue weighted by Crippen LogP contribution is -2.42. The molecule has 2 aromatic heterocycles. The number of likely N-dealkylation sites (tertiary alicyclic amines) is 1. The largest absolute Gasteiger partial charge is 0.444 e. The molecule has 0 N–H and O–H groups in total. The van der Waals surface area contributed by atoms with Crippen LogP contribution in [0, 0.1) is 6.92 Å². The molecule has 124 valence electrons. The fraction of sp³-hybridized carbons (Fsp3) is 0.556. The Bertz CT molecular complexity index is 715. The molecule has 5 nitrogen and oxygen atoms in total. The van der Waals surface area contributed by atoms with Crippen LogP contribution < -0.4 is 0 Å². The molecule has 1 unspecified atom stereocenters. The van der Waals surface area contributed by atoms with Crippen molar-refractivity contribution in [3.8, 4) is 0 Å². The molecule has 2 aromatic rings. The van der Waals surface area contributed by atoms with Gasteiger partial charge in [-0.3, -0.25) is 0 Å². The fourth-order valence-corrected chi connectivity index (χ4v) is 3.21. The third-order valence-electron chi connectivity index (χ3n) is 4.21. The number of carbonyl (C=O) groups is 1. The van der Waals surface area contributed by atoms with Gasteiger partial charge in [0.25, 0.3) is 0 Å². The van der Waals surface area contributed by atoms with Gasteiger partial charge in [-0.25, -0.2) is 9.78 Å². The van der Waals surface area contributed by atoms with Crippen molar-refractivity contribution in [3.63, 3.8) is 0 Å². The molecular weight excluding hydrogens is 290 g/mol. The van der Waals surface area contributed by atoms with Crippen LogP contribution in [-0.2, 0) is 4.74 Å². The topological polar surface area (TPSA) is 46.8 Å². The molecule has 0 aliphatic carbocycles. The van der Waals surface area contributed by atoms with Gasteiger partial charge in [0.15, 0.2) is 0 Å². The number of carbonyl (C=O) groups excluding carboxylic acids is 1. The van der Waals surface area contributed by atoms with Gasteiger partial charge >= 0.3 is 6.09 Å². The van der Waals surface area contributed by atoms with Gasteiger partial charge < -0.3 is 14.0 Å². The van der Waals surface area contributed by atoms with Gasteiger partial charge in [0.05, 0.1) is 11.2 Å². The minimum absolute atomic E-state index is 0.220. The molecule has 0 spiro atoms. The summed E-state index contributed by atoms with van der Waals surface area (Å²) in [6, 6.07) is 6.15. The quantitative estimate of drug-likeness (QED) is 0.805. The zero-order chi connectivity index (χ0) is 16.6. The maximum atomic E-state index is 12.3. The van der Waals surface area contributed by atoms with E-state index in [1.807, 2.05) is 50.9 Å². The van der Waals surface area contributed by atoms with Crippen molar-refractivity contribution in [2.75, 3.05) is 13.1 Å². The van der Waals surface area contributed by atoms with Crippen molar-refractivity contribution >= 4 is 11.6 Å². The number of aryl methyl sites for hydroxylation is 1. The lowest BCUT2D eigenvalue weighted by Gasteiger charge is -2.33. The van der Waals surface area contributed by atoms with Crippen LogP contribution in [0.1, 0.15) is 51.0 Å².